The van der Waals surface area contributed by atoms with Crippen molar-refractivity contribution in [2.45, 2.75) is 57.2 Å². The van der Waals surface area contributed by atoms with Gasteiger partial charge < -0.3 is 15.3 Å². The second-order valence-electron chi connectivity index (χ2n) is 8.50. The molecular formula is C22H31N3O3. The first-order valence-electron chi connectivity index (χ1n) is 10.7. The van der Waals surface area contributed by atoms with Gasteiger partial charge in [-0.05, 0) is 62.8 Å². The molecule has 152 valence electrons. The van der Waals surface area contributed by atoms with Gasteiger partial charge in [0.25, 0.3) is 5.91 Å². The lowest BCUT2D eigenvalue weighted by Gasteiger charge is -2.42. The quantitative estimate of drug-likeness (QED) is 0.810. The molecule has 28 heavy (non-hydrogen) atoms. The topological polar surface area (TPSA) is 72.9 Å². The largest absolute Gasteiger partial charge is 0.392 e. The number of benzene rings is 1. The minimum absolute atomic E-state index is 0.00459. The van der Waals surface area contributed by atoms with Crippen LogP contribution in [0.15, 0.2) is 24.3 Å². The number of nitrogens with one attached hydrogen (secondary N) is 1. The van der Waals surface area contributed by atoms with Gasteiger partial charge in [-0.1, -0.05) is 12.1 Å². The van der Waals surface area contributed by atoms with Crippen LogP contribution in [0.2, 0.25) is 0 Å². The van der Waals surface area contributed by atoms with Crippen molar-refractivity contribution in [1.29, 1.82) is 0 Å². The second-order valence-corrected chi connectivity index (χ2v) is 8.50. The maximum Gasteiger partial charge on any atom is 0.253 e. The first kappa shape index (κ1) is 19.4. The fourth-order valence-electron chi connectivity index (χ4n) is 4.47. The molecule has 0 unspecified atom stereocenters. The summed E-state index contributed by atoms with van der Waals surface area (Å²) in [4.78, 5) is 29.6. The maximum absolute atomic E-state index is 12.7. The number of nitrogens with zero attached hydrogens (tertiary/aromatic N) is 2. The molecule has 6 heteroatoms. The fraction of sp³-hybridized carbons (Fsp3) is 0.636. The van der Waals surface area contributed by atoms with Gasteiger partial charge in [0.15, 0.2) is 0 Å². The molecule has 0 spiro atoms. The smallest absolute Gasteiger partial charge is 0.253 e. The number of carbonyl (C=O) groups excluding carboxylic acids is 2. The van der Waals surface area contributed by atoms with Crippen molar-refractivity contribution < 1.29 is 14.7 Å². The number of hydrogen-bond acceptors (Lipinski definition) is 4. The summed E-state index contributed by atoms with van der Waals surface area (Å²) in [5.74, 6) is 0.438. The Morgan fingerprint density at radius 1 is 1.00 bits per heavy atom. The standard InChI is InChI=1S/C22H31N3O3/c26-15-16-3-5-17(6-4-16)22(28)24-12-9-20(10-13-24)25-11-1-2-18(14-25)21(27)23-19-7-8-19/h3-6,18-20,26H,1-2,7-15H2,(H,23,27)/t18-/m1/s1. The molecule has 1 aliphatic carbocycles. The van der Waals surface area contributed by atoms with Gasteiger partial charge in [0.2, 0.25) is 5.91 Å². The van der Waals surface area contributed by atoms with Crippen LogP contribution in [0.1, 0.15) is 54.4 Å². The highest BCUT2D eigenvalue weighted by molar-refractivity contribution is 5.94. The van der Waals surface area contributed by atoms with Crippen molar-refractivity contribution in [2.24, 2.45) is 5.92 Å². The third-order valence-electron chi connectivity index (χ3n) is 6.40. The molecule has 3 fully saturated rings. The van der Waals surface area contributed by atoms with Gasteiger partial charge in [-0.3, -0.25) is 14.5 Å². The van der Waals surface area contributed by atoms with Gasteiger partial charge in [0, 0.05) is 37.3 Å². The van der Waals surface area contributed by atoms with E-state index in [1.807, 2.05) is 4.90 Å². The van der Waals surface area contributed by atoms with Crippen LogP contribution < -0.4 is 5.32 Å². The minimum Gasteiger partial charge on any atom is -0.392 e. The number of rotatable bonds is 5. The van der Waals surface area contributed by atoms with Crippen LogP contribution in [0, 0.1) is 5.92 Å². The summed E-state index contributed by atoms with van der Waals surface area (Å²) >= 11 is 0. The first-order chi connectivity index (χ1) is 13.6. The second kappa shape index (κ2) is 8.62. The van der Waals surface area contributed by atoms with E-state index in [2.05, 4.69) is 10.2 Å². The monoisotopic (exact) mass is 385 g/mol. The molecule has 0 bridgehead atoms. The van der Waals surface area contributed by atoms with E-state index in [4.69, 9.17) is 5.11 Å². The summed E-state index contributed by atoms with van der Waals surface area (Å²) in [5, 5.41) is 12.3. The summed E-state index contributed by atoms with van der Waals surface area (Å²) < 4.78 is 0. The Morgan fingerprint density at radius 2 is 1.71 bits per heavy atom. The molecular weight excluding hydrogens is 354 g/mol. The van der Waals surface area contributed by atoms with Gasteiger partial charge in [0.05, 0.1) is 12.5 Å². The van der Waals surface area contributed by atoms with Gasteiger partial charge in [-0.25, -0.2) is 0 Å². The van der Waals surface area contributed by atoms with Crippen LogP contribution in [0.3, 0.4) is 0 Å². The van der Waals surface area contributed by atoms with E-state index >= 15 is 0 Å². The van der Waals surface area contributed by atoms with E-state index < -0.39 is 0 Å². The molecule has 1 aromatic rings. The lowest BCUT2D eigenvalue weighted by atomic mass is 9.93. The fourth-order valence-corrected chi connectivity index (χ4v) is 4.47. The number of piperidine rings is 2. The van der Waals surface area contributed by atoms with Crippen LogP contribution in [-0.2, 0) is 11.4 Å². The molecule has 2 saturated heterocycles. The lowest BCUT2D eigenvalue weighted by molar-refractivity contribution is -0.127. The van der Waals surface area contributed by atoms with Crippen molar-refractivity contribution in [3.63, 3.8) is 0 Å². The predicted molar refractivity (Wildman–Crippen MR) is 107 cm³/mol. The van der Waals surface area contributed by atoms with E-state index in [0.717, 1.165) is 70.3 Å². The Kier molecular flexibility index (Phi) is 5.97. The van der Waals surface area contributed by atoms with Crippen LogP contribution in [0.4, 0.5) is 0 Å². The number of amides is 2. The van der Waals surface area contributed by atoms with Crippen molar-refractivity contribution in [1.82, 2.24) is 15.1 Å². The normalized spacial score (nSPS) is 24.2. The molecule has 6 nitrogen and oxygen atoms in total. The Labute approximate surface area is 166 Å². The lowest BCUT2D eigenvalue weighted by Crippen LogP contribution is -2.51. The summed E-state index contributed by atoms with van der Waals surface area (Å²) in [6.07, 6.45) is 6.29. The van der Waals surface area contributed by atoms with E-state index in [0.29, 0.717) is 17.6 Å². The number of likely N-dealkylation sites (tertiary alicyclic amines) is 2. The Morgan fingerprint density at radius 3 is 2.36 bits per heavy atom. The molecule has 2 amide bonds. The van der Waals surface area contributed by atoms with Crippen LogP contribution in [0.25, 0.3) is 0 Å². The SMILES string of the molecule is O=C(NC1CC1)[C@@H]1CCCN(C2CCN(C(=O)c3ccc(CO)cc3)CC2)C1. The Balaban J connectivity index is 1.28. The van der Waals surface area contributed by atoms with Gasteiger partial charge in [0.1, 0.15) is 0 Å². The third-order valence-corrected chi connectivity index (χ3v) is 6.40. The van der Waals surface area contributed by atoms with E-state index in [1.54, 1.807) is 24.3 Å². The van der Waals surface area contributed by atoms with Crippen LogP contribution >= 0.6 is 0 Å². The van der Waals surface area contributed by atoms with Crippen LogP contribution in [0.5, 0.6) is 0 Å². The molecule has 2 N–H and O–H groups in total. The molecule has 4 rings (SSSR count). The molecule has 2 heterocycles. The number of aliphatic hydroxyl groups excluding tert-OH is 1. The van der Waals surface area contributed by atoms with Crippen molar-refractivity contribution in [2.75, 3.05) is 26.2 Å². The van der Waals surface area contributed by atoms with Crippen molar-refractivity contribution in [3.05, 3.63) is 35.4 Å². The molecule has 0 aromatic heterocycles. The zero-order chi connectivity index (χ0) is 19.5. The van der Waals surface area contributed by atoms with Gasteiger partial charge in [-0.15, -0.1) is 0 Å². The van der Waals surface area contributed by atoms with Gasteiger partial charge >= 0.3 is 0 Å². The maximum atomic E-state index is 12.7. The van der Waals surface area contributed by atoms with E-state index in [1.165, 1.54) is 0 Å². The molecule has 2 aliphatic heterocycles. The first-order valence-corrected chi connectivity index (χ1v) is 10.7. The number of hydrogen-bond donors (Lipinski definition) is 2. The predicted octanol–water partition coefficient (Wildman–Crippen LogP) is 1.77. The summed E-state index contributed by atoms with van der Waals surface area (Å²) in [7, 11) is 0. The van der Waals surface area contributed by atoms with Gasteiger partial charge in [-0.2, -0.15) is 0 Å². The Bertz CT molecular complexity index is 693. The molecule has 1 aromatic carbocycles. The zero-order valence-corrected chi connectivity index (χ0v) is 16.5. The third kappa shape index (κ3) is 4.55. The summed E-state index contributed by atoms with van der Waals surface area (Å²) in [6.45, 7) is 3.45. The van der Waals surface area contributed by atoms with Crippen molar-refractivity contribution in [3.8, 4) is 0 Å². The van der Waals surface area contributed by atoms with Crippen molar-refractivity contribution >= 4 is 11.8 Å². The van der Waals surface area contributed by atoms with E-state index in [9.17, 15) is 9.59 Å². The average Bonchev–Trinajstić information content (AvgIpc) is 3.57. The van der Waals surface area contributed by atoms with Crippen LogP contribution in [-0.4, -0.2) is 65.0 Å². The highest BCUT2D eigenvalue weighted by atomic mass is 16.3. The zero-order valence-electron chi connectivity index (χ0n) is 16.5. The molecule has 3 aliphatic rings. The minimum atomic E-state index is -0.00459. The summed E-state index contributed by atoms with van der Waals surface area (Å²) in [6, 6.07) is 8.11. The highest BCUT2D eigenvalue weighted by Crippen LogP contribution is 2.26. The van der Waals surface area contributed by atoms with E-state index in [-0.39, 0.29) is 24.3 Å². The molecule has 1 atom stereocenters. The summed E-state index contributed by atoms with van der Waals surface area (Å²) in [5.41, 5.74) is 1.51. The Hall–Kier alpha value is -1.92. The average molecular weight is 386 g/mol. The molecule has 1 saturated carbocycles. The highest BCUT2D eigenvalue weighted by Gasteiger charge is 2.34. The number of aliphatic hydroxyl groups is 1. The molecule has 0 radical (unpaired) electrons. The number of carbonyl (C=O) groups is 2.